The third kappa shape index (κ3) is 0.875. The number of hydrogen-bond donors (Lipinski definition) is 0. The summed E-state index contributed by atoms with van der Waals surface area (Å²) in [5.74, 6) is 0. The van der Waals surface area contributed by atoms with Crippen LogP contribution < -0.4 is 0 Å². The van der Waals surface area contributed by atoms with Gasteiger partial charge in [-0.1, -0.05) is 11.6 Å². The fraction of sp³-hybridized carbons (Fsp3) is 0.143. The molecule has 0 aromatic carbocycles. The van der Waals surface area contributed by atoms with E-state index < -0.39 is 0 Å². The van der Waals surface area contributed by atoms with Crippen molar-refractivity contribution in [1.82, 2.24) is 0 Å². The minimum Gasteiger partial charge on any atom is -0.132 e. The van der Waals surface area contributed by atoms with Gasteiger partial charge >= 0.3 is 0 Å². The maximum Gasteiger partial charge on any atom is 0.0949 e. The minimum atomic E-state index is 0.893. The van der Waals surface area contributed by atoms with Crippen molar-refractivity contribution in [2.24, 2.45) is 0 Å². The number of rotatable bonds is 0. The average molecular weight is 189 g/mol. The van der Waals surface area contributed by atoms with Crippen LogP contribution in [0.3, 0.4) is 0 Å². The lowest BCUT2D eigenvalue weighted by Gasteiger charge is -1.76. The molecule has 0 fully saturated rings. The molecule has 0 nitrogen and oxygen atoms in total. The number of halogens is 1. The van der Waals surface area contributed by atoms with E-state index in [1.165, 1.54) is 15.0 Å². The van der Waals surface area contributed by atoms with Gasteiger partial charge in [0.05, 0.1) is 8.35 Å². The summed E-state index contributed by atoms with van der Waals surface area (Å²) < 4.78 is 2.23. The van der Waals surface area contributed by atoms with Crippen molar-refractivity contribution >= 4 is 43.7 Å². The molecule has 2 aromatic heterocycles. The first kappa shape index (κ1) is 6.65. The van der Waals surface area contributed by atoms with Crippen LogP contribution in [0.4, 0.5) is 0 Å². The van der Waals surface area contributed by atoms with Crippen LogP contribution in [0.15, 0.2) is 11.4 Å². The number of fused-ring (bicyclic) bond motifs is 1. The van der Waals surface area contributed by atoms with Gasteiger partial charge in [-0.3, -0.25) is 0 Å². The SMILES string of the molecule is Cc1csc2sc(Cl)cc12. The predicted molar refractivity (Wildman–Crippen MR) is 49.4 cm³/mol. The highest BCUT2D eigenvalue weighted by molar-refractivity contribution is 7.39. The van der Waals surface area contributed by atoms with E-state index in [0.29, 0.717) is 0 Å². The quantitative estimate of drug-likeness (QED) is 0.588. The molecule has 0 saturated carbocycles. The molecule has 0 spiro atoms. The summed E-state index contributed by atoms with van der Waals surface area (Å²) in [6.45, 7) is 2.11. The van der Waals surface area contributed by atoms with Crippen molar-refractivity contribution in [3.63, 3.8) is 0 Å². The second kappa shape index (κ2) is 2.22. The Bertz CT molecular complexity index is 358. The summed E-state index contributed by atoms with van der Waals surface area (Å²) in [6.07, 6.45) is 0. The van der Waals surface area contributed by atoms with Crippen molar-refractivity contribution in [3.8, 4) is 0 Å². The van der Waals surface area contributed by atoms with Crippen molar-refractivity contribution in [2.45, 2.75) is 6.92 Å². The van der Waals surface area contributed by atoms with Crippen molar-refractivity contribution < 1.29 is 0 Å². The van der Waals surface area contributed by atoms with E-state index in [4.69, 9.17) is 11.6 Å². The van der Waals surface area contributed by atoms with Gasteiger partial charge in [-0.05, 0) is 23.9 Å². The minimum absolute atomic E-state index is 0.893. The first-order chi connectivity index (χ1) is 4.77. The molecule has 0 saturated heterocycles. The standard InChI is InChI=1S/C7H5ClS2/c1-4-3-9-7-5(4)2-6(8)10-7/h2-3H,1H3. The van der Waals surface area contributed by atoms with Gasteiger partial charge in [0.2, 0.25) is 0 Å². The Labute approximate surface area is 72.1 Å². The highest BCUT2D eigenvalue weighted by atomic mass is 35.5. The Morgan fingerprint density at radius 3 is 3.00 bits per heavy atom. The van der Waals surface area contributed by atoms with Crippen molar-refractivity contribution in [1.29, 1.82) is 0 Å². The van der Waals surface area contributed by atoms with E-state index in [2.05, 4.69) is 12.3 Å². The molecule has 0 N–H and O–H groups in total. The maximum absolute atomic E-state index is 5.82. The Morgan fingerprint density at radius 1 is 1.50 bits per heavy atom. The first-order valence-corrected chi connectivity index (χ1v) is 4.98. The summed E-state index contributed by atoms with van der Waals surface area (Å²) in [4.78, 5) is 0. The number of aryl methyl sites for hydroxylation is 1. The van der Waals surface area contributed by atoms with Gasteiger partial charge in [-0.2, -0.15) is 0 Å². The van der Waals surface area contributed by atoms with Gasteiger partial charge in [0.15, 0.2) is 0 Å². The molecule has 3 heteroatoms. The van der Waals surface area contributed by atoms with E-state index in [0.717, 1.165) is 4.34 Å². The zero-order valence-corrected chi connectivity index (χ0v) is 7.74. The lowest BCUT2D eigenvalue weighted by atomic mass is 10.3. The topological polar surface area (TPSA) is 0 Å². The fourth-order valence-corrected chi connectivity index (χ4v) is 3.44. The van der Waals surface area contributed by atoms with Crippen molar-refractivity contribution in [2.75, 3.05) is 0 Å². The molecular weight excluding hydrogens is 184 g/mol. The Hall–Kier alpha value is -0.0500. The Kier molecular flexibility index (Phi) is 1.48. The van der Waals surface area contributed by atoms with Crippen LogP contribution in [0.25, 0.3) is 9.40 Å². The molecule has 0 atom stereocenters. The summed E-state index contributed by atoms with van der Waals surface area (Å²) in [6, 6.07) is 2.04. The van der Waals surface area contributed by atoms with E-state index in [1.54, 1.807) is 22.7 Å². The summed E-state index contributed by atoms with van der Waals surface area (Å²) in [5, 5.41) is 3.48. The number of hydrogen-bond acceptors (Lipinski definition) is 2. The van der Waals surface area contributed by atoms with Gasteiger partial charge in [0, 0.05) is 5.39 Å². The van der Waals surface area contributed by atoms with Crippen LogP contribution in [0.5, 0.6) is 0 Å². The normalized spacial score (nSPS) is 11.0. The second-order valence-corrected chi connectivity index (χ2v) is 4.99. The molecule has 0 aliphatic heterocycles. The zero-order chi connectivity index (χ0) is 7.14. The highest BCUT2D eigenvalue weighted by Crippen LogP contribution is 2.35. The second-order valence-electron chi connectivity index (χ2n) is 2.17. The molecule has 0 aliphatic rings. The van der Waals surface area contributed by atoms with Gasteiger partial charge in [-0.15, -0.1) is 22.7 Å². The van der Waals surface area contributed by atoms with Crippen molar-refractivity contribution in [3.05, 3.63) is 21.3 Å². The summed E-state index contributed by atoms with van der Waals surface area (Å²) in [5.41, 5.74) is 1.34. The van der Waals surface area contributed by atoms with Crippen LogP contribution >= 0.6 is 34.3 Å². The molecule has 0 amide bonds. The van der Waals surface area contributed by atoms with E-state index in [-0.39, 0.29) is 0 Å². The molecule has 10 heavy (non-hydrogen) atoms. The van der Waals surface area contributed by atoms with Gasteiger partial charge in [0.25, 0.3) is 0 Å². The van der Waals surface area contributed by atoms with Crippen LogP contribution in [-0.4, -0.2) is 0 Å². The Morgan fingerprint density at radius 2 is 2.30 bits per heavy atom. The van der Waals surface area contributed by atoms with Crippen LogP contribution in [0.2, 0.25) is 4.34 Å². The Balaban J connectivity index is 2.90. The molecule has 2 aromatic rings. The molecule has 2 rings (SSSR count). The van der Waals surface area contributed by atoms with Crippen LogP contribution in [0, 0.1) is 6.92 Å². The monoisotopic (exact) mass is 188 g/mol. The molecule has 0 radical (unpaired) electrons. The average Bonchev–Trinajstić information content (AvgIpc) is 2.35. The van der Waals surface area contributed by atoms with Gasteiger partial charge in [-0.25, -0.2) is 0 Å². The molecule has 2 heterocycles. The van der Waals surface area contributed by atoms with E-state index in [9.17, 15) is 0 Å². The number of thiophene rings is 2. The molecule has 0 aliphatic carbocycles. The summed E-state index contributed by atoms with van der Waals surface area (Å²) in [7, 11) is 0. The lowest BCUT2D eigenvalue weighted by molar-refractivity contribution is 1.61. The third-order valence-electron chi connectivity index (χ3n) is 1.44. The maximum atomic E-state index is 5.82. The largest absolute Gasteiger partial charge is 0.132 e. The third-order valence-corrected chi connectivity index (χ3v) is 3.94. The summed E-state index contributed by atoms with van der Waals surface area (Å²) >= 11 is 9.25. The predicted octanol–water partition coefficient (Wildman–Crippen LogP) is 3.92. The smallest absolute Gasteiger partial charge is 0.0949 e. The van der Waals surface area contributed by atoms with Crippen LogP contribution in [-0.2, 0) is 0 Å². The van der Waals surface area contributed by atoms with Gasteiger partial charge in [0.1, 0.15) is 0 Å². The molecular formula is C7H5ClS2. The fourth-order valence-electron chi connectivity index (χ4n) is 0.913. The lowest BCUT2D eigenvalue weighted by Crippen LogP contribution is -1.56. The van der Waals surface area contributed by atoms with E-state index >= 15 is 0 Å². The van der Waals surface area contributed by atoms with E-state index in [1.807, 2.05) is 6.07 Å². The first-order valence-electron chi connectivity index (χ1n) is 2.90. The highest BCUT2D eigenvalue weighted by Gasteiger charge is 2.02. The van der Waals surface area contributed by atoms with Crippen LogP contribution in [0.1, 0.15) is 5.56 Å². The molecule has 0 unspecified atom stereocenters. The zero-order valence-electron chi connectivity index (χ0n) is 5.35. The molecule has 0 bridgehead atoms. The molecule has 52 valence electrons. The van der Waals surface area contributed by atoms with Gasteiger partial charge < -0.3 is 0 Å².